The third-order valence-corrected chi connectivity index (χ3v) is 4.39. The van der Waals surface area contributed by atoms with Gasteiger partial charge in [-0.3, -0.25) is 4.79 Å². The first-order chi connectivity index (χ1) is 10.1. The molecule has 0 spiro atoms. The van der Waals surface area contributed by atoms with Crippen LogP contribution in [0.5, 0.6) is 0 Å². The maximum atomic E-state index is 12.2. The maximum absolute atomic E-state index is 12.2. The Hall–Kier alpha value is -1.52. The van der Waals surface area contributed by atoms with Gasteiger partial charge in [-0.1, -0.05) is 24.4 Å². The molecule has 112 valence electrons. The van der Waals surface area contributed by atoms with Crippen molar-refractivity contribution in [3.05, 3.63) is 35.0 Å². The fourth-order valence-corrected chi connectivity index (χ4v) is 3.18. The molecule has 0 bridgehead atoms. The number of hydrogen-bond donors (Lipinski definition) is 3. The van der Waals surface area contributed by atoms with Crippen molar-refractivity contribution in [2.24, 2.45) is 0 Å². The zero-order valence-corrected chi connectivity index (χ0v) is 12.5. The van der Waals surface area contributed by atoms with Crippen LogP contribution in [0.15, 0.2) is 24.4 Å². The third-order valence-electron chi connectivity index (χ3n) is 4.16. The highest BCUT2D eigenvalue weighted by molar-refractivity contribution is 6.31. The van der Waals surface area contributed by atoms with E-state index in [0.29, 0.717) is 11.4 Å². The lowest BCUT2D eigenvalue weighted by Crippen LogP contribution is -2.45. The van der Waals surface area contributed by atoms with Crippen molar-refractivity contribution in [3.63, 3.8) is 0 Å². The molecule has 21 heavy (non-hydrogen) atoms. The van der Waals surface area contributed by atoms with Crippen molar-refractivity contribution in [2.45, 2.75) is 44.2 Å². The highest BCUT2D eigenvalue weighted by atomic mass is 35.5. The van der Waals surface area contributed by atoms with Crippen LogP contribution in [0.25, 0.3) is 10.9 Å². The van der Waals surface area contributed by atoms with Gasteiger partial charge in [0.2, 0.25) is 5.91 Å². The number of H-pyrrole nitrogens is 1. The smallest absolute Gasteiger partial charge is 0.224 e. The van der Waals surface area contributed by atoms with Crippen LogP contribution in [-0.2, 0) is 11.2 Å². The number of carbonyl (C=O) groups excluding carboxylic acids is 1. The zero-order valence-electron chi connectivity index (χ0n) is 11.7. The van der Waals surface area contributed by atoms with Gasteiger partial charge in [-0.05, 0) is 36.6 Å². The summed E-state index contributed by atoms with van der Waals surface area (Å²) in [5.74, 6) is -0.0539. The molecular formula is C16H19ClN2O2. The van der Waals surface area contributed by atoms with Crippen molar-refractivity contribution in [2.75, 3.05) is 0 Å². The van der Waals surface area contributed by atoms with Gasteiger partial charge in [0.05, 0.1) is 18.6 Å². The molecular weight excluding hydrogens is 288 g/mol. The van der Waals surface area contributed by atoms with Gasteiger partial charge < -0.3 is 15.4 Å². The molecule has 5 heteroatoms. The predicted octanol–water partition coefficient (Wildman–Crippen LogP) is 2.78. The van der Waals surface area contributed by atoms with Crippen molar-refractivity contribution in [1.82, 2.24) is 10.3 Å². The molecule has 2 atom stereocenters. The predicted molar refractivity (Wildman–Crippen MR) is 83.4 cm³/mol. The van der Waals surface area contributed by atoms with E-state index in [1.165, 1.54) is 0 Å². The Balaban J connectivity index is 1.70. The average molecular weight is 307 g/mol. The molecule has 1 amide bonds. The van der Waals surface area contributed by atoms with E-state index in [9.17, 15) is 9.90 Å². The van der Waals surface area contributed by atoms with Gasteiger partial charge in [0.1, 0.15) is 0 Å². The molecule has 3 rings (SSSR count). The molecule has 2 unspecified atom stereocenters. The number of aliphatic hydroxyl groups excluding tert-OH is 1. The summed E-state index contributed by atoms with van der Waals surface area (Å²) < 4.78 is 0. The fraction of sp³-hybridized carbons (Fsp3) is 0.438. The summed E-state index contributed by atoms with van der Waals surface area (Å²) in [4.78, 5) is 15.3. The molecule has 1 saturated carbocycles. The van der Waals surface area contributed by atoms with Crippen LogP contribution >= 0.6 is 11.6 Å². The topological polar surface area (TPSA) is 65.1 Å². The second-order valence-corrected chi connectivity index (χ2v) is 6.14. The normalized spacial score (nSPS) is 22.4. The van der Waals surface area contributed by atoms with Crippen LogP contribution in [0, 0.1) is 0 Å². The molecule has 1 aromatic heterocycles. The Morgan fingerprint density at radius 3 is 3.00 bits per heavy atom. The van der Waals surface area contributed by atoms with E-state index < -0.39 is 6.10 Å². The minimum Gasteiger partial charge on any atom is -0.391 e. The Kier molecular flexibility index (Phi) is 4.17. The number of aromatic nitrogens is 1. The quantitative estimate of drug-likeness (QED) is 0.816. The number of aromatic amines is 1. The summed E-state index contributed by atoms with van der Waals surface area (Å²) in [5, 5.41) is 14.5. The molecule has 1 heterocycles. The van der Waals surface area contributed by atoms with Crippen molar-refractivity contribution in [1.29, 1.82) is 0 Å². The lowest BCUT2D eigenvalue weighted by molar-refractivity contribution is -0.122. The summed E-state index contributed by atoms with van der Waals surface area (Å²) in [6, 6.07) is 5.48. The minimum atomic E-state index is -0.417. The molecule has 3 N–H and O–H groups in total. The fourth-order valence-electron chi connectivity index (χ4n) is 3.01. The van der Waals surface area contributed by atoms with Crippen LogP contribution in [0.1, 0.15) is 31.2 Å². The zero-order chi connectivity index (χ0) is 14.8. The molecule has 1 aliphatic rings. The molecule has 2 aromatic rings. The van der Waals surface area contributed by atoms with Gasteiger partial charge in [0.15, 0.2) is 0 Å². The molecule has 0 aliphatic heterocycles. The van der Waals surface area contributed by atoms with Gasteiger partial charge in [-0.25, -0.2) is 0 Å². The largest absolute Gasteiger partial charge is 0.391 e. The number of nitrogens with one attached hydrogen (secondary N) is 2. The van der Waals surface area contributed by atoms with Gasteiger partial charge in [-0.15, -0.1) is 0 Å². The summed E-state index contributed by atoms with van der Waals surface area (Å²) >= 11 is 6.01. The summed E-state index contributed by atoms with van der Waals surface area (Å²) in [6.45, 7) is 0. The first kappa shape index (κ1) is 14.4. The number of hydrogen-bond acceptors (Lipinski definition) is 2. The molecule has 1 fully saturated rings. The van der Waals surface area contributed by atoms with Gasteiger partial charge in [0, 0.05) is 22.1 Å². The number of benzene rings is 1. The van der Waals surface area contributed by atoms with E-state index >= 15 is 0 Å². The van der Waals surface area contributed by atoms with Crippen molar-refractivity contribution < 1.29 is 9.90 Å². The van der Waals surface area contributed by atoms with E-state index in [2.05, 4.69) is 10.3 Å². The van der Waals surface area contributed by atoms with Gasteiger partial charge in [-0.2, -0.15) is 0 Å². The second kappa shape index (κ2) is 6.08. The van der Waals surface area contributed by atoms with Gasteiger partial charge in [0.25, 0.3) is 0 Å². The van der Waals surface area contributed by atoms with Crippen LogP contribution in [0.4, 0.5) is 0 Å². The van der Waals surface area contributed by atoms with E-state index in [1.807, 2.05) is 24.4 Å². The first-order valence-electron chi connectivity index (χ1n) is 7.36. The number of amides is 1. The number of halogens is 1. The molecule has 1 aliphatic carbocycles. The minimum absolute atomic E-state index is 0.0539. The highest BCUT2D eigenvalue weighted by Crippen LogP contribution is 2.23. The molecule has 1 aromatic carbocycles. The Bertz CT molecular complexity index is 653. The SMILES string of the molecule is O=C(Cc1c[nH]c2ccc(Cl)cc12)NC1CCCCC1O. The van der Waals surface area contributed by atoms with E-state index in [-0.39, 0.29) is 11.9 Å². The second-order valence-electron chi connectivity index (χ2n) is 5.71. The highest BCUT2D eigenvalue weighted by Gasteiger charge is 2.24. The number of fused-ring (bicyclic) bond motifs is 1. The molecule has 0 saturated heterocycles. The summed E-state index contributed by atoms with van der Waals surface area (Å²) in [7, 11) is 0. The van der Waals surface area contributed by atoms with Gasteiger partial charge >= 0.3 is 0 Å². The van der Waals surface area contributed by atoms with Crippen LogP contribution in [-0.4, -0.2) is 28.1 Å². The first-order valence-corrected chi connectivity index (χ1v) is 7.74. The summed E-state index contributed by atoms with van der Waals surface area (Å²) in [5.41, 5.74) is 1.90. The number of carbonyl (C=O) groups is 1. The van der Waals surface area contributed by atoms with E-state index in [1.54, 1.807) is 0 Å². The standard InChI is InChI=1S/C16H19ClN2O2/c17-11-5-6-13-12(8-11)10(9-18-13)7-16(21)19-14-3-1-2-4-15(14)20/h5-6,8-9,14-15,18,20H,1-4,7H2,(H,19,21). The van der Waals surface area contributed by atoms with Crippen molar-refractivity contribution >= 4 is 28.4 Å². The van der Waals surface area contributed by atoms with Crippen LogP contribution < -0.4 is 5.32 Å². The Morgan fingerprint density at radius 1 is 1.38 bits per heavy atom. The van der Waals surface area contributed by atoms with Crippen molar-refractivity contribution in [3.8, 4) is 0 Å². The van der Waals surface area contributed by atoms with E-state index in [4.69, 9.17) is 11.6 Å². The molecule has 0 radical (unpaired) electrons. The average Bonchev–Trinajstić information content (AvgIpc) is 2.84. The molecule has 4 nitrogen and oxygen atoms in total. The maximum Gasteiger partial charge on any atom is 0.224 e. The van der Waals surface area contributed by atoms with Crippen LogP contribution in [0.2, 0.25) is 5.02 Å². The monoisotopic (exact) mass is 306 g/mol. The Labute approximate surface area is 128 Å². The van der Waals surface area contributed by atoms with Crippen LogP contribution in [0.3, 0.4) is 0 Å². The Morgan fingerprint density at radius 2 is 2.19 bits per heavy atom. The lowest BCUT2D eigenvalue weighted by Gasteiger charge is -2.28. The van der Waals surface area contributed by atoms with E-state index in [0.717, 1.165) is 42.1 Å². The number of rotatable bonds is 3. The summed E-state index contributed by atoms with van der Waals surface area (Å²) in [6.07, 6.45) is 5.45. The number of aliphatic hydroxyl groups is 1. The lowest BCUT2D eigenvalue weighted by atomic mass is 9.92. The third kappa shape index (κ3) is 3.22.